The lowest BCUT2D eigenvalue weighted by molar-refractivity contribution is 0.0159. The van der Waals surface area contributed by atoms with E-state index in [0.29, 0.717) is 3.39 Å². The average Bonchev–Trinajstić information content (AvgIpc) is 2.42. The number of halogens is 2. The molecule has 1 atom stereocenters. The Bertz CT molecular complexity index is 631. The van der Waals surface area contributed by atoms with Crippen molar-refractivity contribution in [3.8, 4) is 12.3 Å². The SMILES string of the molecule is C#CCCS(=O)(=O)N1CCN(C(=O)OC(C)(C)C)CC1C=C(Br)Br. The molecule has 24 heavy (non-hydrogen) atoms. The summed E-state index contributed by atoms with van der Waals surface area (Å²) in [4.78, 5) is 13.8. The van der Waals surface area contributed by atoms with Gasteiger partial charge < -0.3 is 9.64 Å². The molecule has 0 N–H and O–H groups in total. The molecule has 1 aliphatic rings. The molecule has 0 aliphatic carbocycles. The fourth-order valence-electron chi connectivity index (χ4n) is 2.22. The number of ether oxygens (including phenoxy) is 1. The van der Waals surface area contributed by atoms with Gasteiger partial charge in [-0.15, -0.1) is 12.3 Å². The molecule has 1 rings (SSSR count). The zero-order chi connectivity index (χ0) is 18.5. The number of hydrogen-bond donors (Lipinski definition) is 0. The Balaban J connectivity index is 2.95. The molecule has 136 valence electrons. The molecule has 0 radical (unpaired) electrons. The minimum Gasteiger partial charge on any atom is -0.444 e. The van der Waals surface area contributed by atoms with Gasteiger partial charge >= 0.3 is 6.09 Å². The molecule has 1 unspecified atom stereocenters. The number of carbonyl (C=O) groups excluding carboxylic acids is 1. The minimum atomic E-state index is -3.50. The summed E-state index contributed by atoms with van der Waals surface area (Å²) >= 11 is 6.50. The first kappa shape index (κ1) is 21.5. The van der Waals surface area contributed by atoms with Crippen LogP contribution in [0.25, 0.3) is 0 Å². The summed E-state index contributed by atoms with van der Waals surface area (Å²) in [5, 5.41) is 0. The van der Waals surface area contributed by atoms with Gasteiger partial charge in [0.05, 0.1) is 15.2 Å². The Morgan fingerprint density at radius 3 is 2.50 bits per heavy atom. The molecule has 1 aliphatic heterocycles. The molecule has 1 fully saturated rings. The molecule has 0 spiro atoms. The average molecular weight is 486 g/mol. The van der Waals surface area contributed by atoms with Crippen LogP contribution in [0.2, 0.25) is 0 Å². The highest BCUT2D eigenvalue weighted by atomic mass is 79.9. The number of terminal acetylenes is 1. The Morgan fingerprint density at radius 2 is 2.00 bits per heavy atom. The van der Waals surface area contributed by atoms with E-state index in [0.717, 1.165) is 0 Å². The van der Waals surface area contributed by atoms with Gasteiger partial charge in [0.2, 0.25) is 10.0 Å². The summed E-state index contributed by atoms with van der Waals surface area (Å²) in [5.74, 6) is 2.24. The molecule has 0 saturated carbocycles. The lowest BCUT2D eigenvalue weighted by Crippen LogP contribution is -2.56. The standard InChI is InChI=1S/C15H22Br2N2O4S/c1-5-6-9-24(21,22)19-8-7-18(11-12(19)10-13(16)17)14(20)23-15(2,3)4/h1,10,12H,6-9,11H2,2-4H3. The number of piperazine rings is 1. The normalized spacial score (nSPS) is 19.5. The predicted molar refractivity (Wildman–Crippen MR) is 101 cm³/mol. The van der Waals surface area contributed by atoms with E-state index in [4.69, 9.17) is 11.2 Å². The minimum absolute atomic E-state index is 0.111. The van der Waals surface area contributed by atoms with Gasteiger partial charge in [-0.1, -0.05) is 0 Å². The molecule has 0 aromatic rings. The maximum atomic E-state index is 12.5. The van der Waals surface area contributed by atoms with E-state index in [1.165, 1.54) is 9.21 Å². The first-order valence-corrected chi connectivity index (χ1v) is 10.6. The first-order valence-electron chi connectivity index (χ1n) is 7.40. The quantitative estimate of drug-likeness (QED) is 0.574. The van der Waals surface area contributed by atoms with Crippen LogP contribution in [0.1, 0.15) is 27.2 Å². The molecule has 9 heteroatoms. The van der Waals surface area contributed by atoms with Gasteiger partial charge in [-0.2, -0.15) is 4.31 Å². The molecule has 1 saturated heterocycles. The number of rotatable bonds is 4. The van der Waals surface area contributed by atoms with Crippen molar-refractivity contribution in [3.05, 3.63) is 9.47 Å². The third kappa shape index (κ3) is 6.75. The van der Waals surface area contributed by atoms with Crippen molar-refractivity contribution in [2.45, 2.75) is 38.8 Å². The largest absolute Gasteiger partial charge is 0.444 e. The van der Waals surface area contributed by atoms with Gasteiger partial charge in [0.1, 0.15) is 5.60 Å². The summed E-state index contributed by atoms with van der Waals surface area (Å²) < 4.78 is 32.3. The van der Waals surface area contributed by atoms with Gasteiger partial charge in [-0.25, -0.2) is 13.2 Å². The van der Waals surface area contributed by atoms with Crippen molar-refractivity contribution in [1.29, 1.82) is 0 Å². The number of sulfonamides is 1. The monoisotopic (exact) mass is 484 g/mol. The highest BCUT2D eigenvalue weighted by Crippen LogP contribution is 2.23. The Kier molecular flexibility index (Phi) is 7.78. The summed E-state index contributed by atoms with van der Waals surface area (Å²) in [7, 11) is -3.50. The second-order valence-corrected chi connectivity index (χ2v) is 11.1. The maximum absolute atomic E-state index is 12.5. The third-order valence-electron chi connectivity index (χ3n) is 3.20. The van der Waals surface area contributed by atoms with E-state index in [2.05, 4.69) is 37.8 Å². The van der Waals surface area contributed by atoms with Crippen LogP contribution in [0, 0.1) is 12.3 Å². The van der Waals surface area contributed by atoms with Crippen LogP contribution < -0.4 is 0 Å². The van der Waals surface area contributed by atoms with E-state index >= 15 is 0 Å². The molecule has 0 aromatic carbocycles. The van der Waals surface area contributed by atoms with E-state index in [9.17, 15) is 13.2 Å². The van der Waals surface area contributed by atoms with Gasteiger partial charge in [0, 0.05) is 26.1 Å². The lowest BCUT2D eigenvalue weighted by atomic mass is 10.2. The Labute approximate surface area is 160 Å². The molecular formula is C15H22Br2N2O4S. The fraction of sp³-hybridized carbons (Fsp3) is 0.667. The van der Waals surface area contributed by atoms with E-state index in [1.807, 2.05) is 0 Å². The lowest BCUT2D eigenvalue weighted by Gasteiger charge is -2.39. The van der Waals surface area contributed by atoms with Crippen molar-refractivity contribution >= 4 is 48.0 Å². The second-order valence-electron chi connectivity index (χ2n) is 6.33. The van der Waals surface area contributed by atoms with Crippen molar-refractivity contribution in [1.82, 2.24) is 9.21 Å². The van der Waals surface area contributed by atoms with E-state index in [1.54, 1.807) is 26.8 Å². The molecule has 1 heterocycles. The Hall–Kier alpha value is -0.560. The topological polar surface area (TPSA) is 66.9 Å². The van der Waals surface area contributed by atoms with Crippen LogP contribution in [0.3, 0.4) is 0 Å². The highest BCUT2D eigenvalue weighted by molar-refractivity contribution is 9.28. The molecule has 0 bridgehead atoms. The summed E-state index contributed by atoms with van der Waals surface area (Å²) in [6.07, 6.45) is 6.57. The second kappa shape index (κ2) is 8.70. The molecule has 0 aromatic heterocycles. The van der Waals surface area contributed by atoms with Crippen LogP contribution in [-0.2, 0) is 14.8 Å². The predicted octanol–water partition coefficient (Wildman–Crippen LogP) is 2.89. The van der Waals surface area contributed by atoms with E-state index in [-0.39, 0.29) is 31.8 Å². The molecule has 6 nitrogen and oxygen atoms in total. The number of amides is 1. The van der Waals surface area contributed by atoms with Crippen molar-refractivity contribution < 1.29 is 17.9 Å². The number of hydrogen-bond acceptors (Lipinski definition) is 4. The smallest absolute Gasteiger partial charge is 0.410 e. The summed E-state index contributed by atoms with van der Waals surface area (Å²) in [5.41, 5.74) is -0.603. The number of nitrogens with zero attached hydrogens (tertiary/aromatic N) is 2. The fourth-order valence-corrected chi connectivity index (χ4v) is 4.34. The zero-order valence-corrected chi connectivity index (χ0v) is 17.9. The molecular weight excluding hydrogens is 464 g/mol. The zero-order valence-electron chi connectivity index (χ0n) is 14.0. The summed E-state index contributed by atoms with van der Waals surface area (Å²) in [6.45, 7) is 6.05. The Morgan fingerprint density at radius 1 is 1.38 bits per heavy atom. The van der Waals surface area contributed by atoms with Gasteiger partial charge in [0.25, 0.3) is 0 Å². The van der Waals surface area contributed by atoms with Crippen LogP contribution in [0.5, 0.6) is 0 Å². The van der Waals surface area contributed by atoms with Gasteiger partial charge in [-0.3, -0.25) is 0 Å². The van der Waals surface area contributed by atoms with Crippen LogP contribution >= 0.6 is 31.9 Å². The van der Waals surface area contributed by atoms with Crippen molar-refractivity contribution in [2.24, 2.45) is 0 Å². The third-order valence-corrected chi connectivity index (χ3v) is 5.62. The van der Waals surface area contributed by atoms with Crippen LogP contribution in [-0.4, -0.2) is 60.7 Å². The van der Waals surface area contributed by atoms with Gasteiger partial charge in [0.15, 0.2) is 0 Å². The number of carbonyl (C=O) groups is 1. The first-order chi connectivity index (χ1) is 11.0. The van der Waals surface area contributed by atoms with Crippen molar-refractivity contribution in [3.63, 3.8) is 0 Å². The highest BCUT2D eigenvalue weighted by Gasteiger charge is 2.36. The van der Waals surface area contributed by atoms with Gasteiger partial charge in [-0.05, 0) is 58.7 Å². The van der Waals surface area contributed by atoms with Crippen LogP contribution in [0.15, 0.2) is 9.47 Å². The summed E-state index contributed by atoms with van der Waals surface area (Å²) in [6, 6.07) is -0.497. The van der Waals surface area contributed by atoms with Crippen molar-refractivity contribution in [2.75, 3.05) is 25.4 Å². The maximum Gasteiger partial charge on any atom is 0.410 e. The molecule has 1 amide bonds. The van der Waals surface area contributed by atoms with Crippen LogP contribution in [0.4, 0.5) is 4.79 Å². The van der Waals surface area contributed by atoms with E-state index < -0.39 is 27.8 Å².